The van der Waals surface area contributed by atoms with E-state index >= 15 is 0 Å². The number of morpholine rings is 1. The second-order valence-electron chi connectivity index (χ2n) is 6.97. The Morgan fingerprint density at radius 1 is 1.31 bits per heavy atom. The Balaban J connectivity index is 1.47. The van der Waals surface area contributed by atoms with E-state index in [1.54, 1.807) is 15.8 Å². The quantitative estimate of drug-likeness (QED) is 0.789. The molecule has 3 heterocycles. The lowest BCUT2D eigenvalue weighted by Gasteiger charge is -2.46. The van der Waals surface area contributed by atoms with Gasteiger partial charge in [0.2, 0.25) is 11.8 Å². The molecule has 1 aliphatic carbocycles. The molecule has 1 aromatic heterocycles. The summed E-state index contributed by atoms with van der Waals surface area (Å²) < 4.78 is 5.87. The van der Waals surface area contributed by atoms with Crippen LogP contribution in [-0.2, 0) is 14.3 Å². The van der Waals surface area contributed by atoms with E-state index < -0.39 is 0 Å². The van der Waals surface area contributed by atoms with Gasteiger partial charge in [-0.15, -0.1) is 11.3 Å². The average Bonchev–Trinajstić information content (AvgIpc) is 3.21. The molecule has 4 rings (SSSR count). The summed E-state index contributed by atoms with van der Waals surface area (Å²) >= 11 is 1.40. The van der Waals surface area contributed by atoms with Gasteiger partial charge >= 0.3 is 0 Å². The summed E-state index contributed by atoms with van der Waals surface area (Å²) in [7, 11) is 0. The zero-order valence-electron chi connectivity index (χ0n) is 14.4. The fourth-order valence-electron chi connectivity index (χ4n) is 4.14. The van der Waals surface area contributed by atoms with Crippen LogP contribution in [0.2, 0.25) is 0 Å². The Bertz CT molecular complexity index is 695. The maximum Gasteiger partial charge on any atom is 0.273 e. The summed E-state index contributed by atoms with van der Waals surface area (Å²) in [6.07, 6.45) is 2.04. The Morgan fingerprint density at radius 3 is 2.96 bits per heavy atom. The molecular weight excluding hydrogens is 356 g/mol. The van der Waals surface area contributed by atoms with Crippen LogP contribution in [0.3, 0.4) is 0 Å². The Kier molecular flexibility index (Phi) is 4.90. The summed E-state index contributed by atoms with van der Waals surface area (Å²) in [5.74, 6) is -0.353. The molecular formula is C17H22N4O4S. The van der Waals surface area contributed by atoms with Gasteiger partial charge in [-0.25, -0.2) is 4.98 Å². The summed E-state index contributed by atoms with van der Waals surface area (Å²) in [5.41, 5.74) is 2.11. The Morgan fingerprint density at radius 2 is 2.19 bits per heavy atom. The van der Waals surface area contributed by atoms with Crippen molar-refractivity contribution in [1.29, 1.82) is 0 Å². The second-order valence-corrected chi connectivity index (χ2v) is 7.69. The molecule has 0 aromatic carbocycles. The largest absolute Gasteiger partial charge is 0.374 e. The summed E-state index contributed by atoms with van der Waals surface area (Å²) in [6, 6.07) is -0.112. The number of thiazole rings is 1. The van der Waals surface area contributed by atoms with Crippen molar-refractivity contribution >= 4 is 29.1 Å². The molecule has 3 amide bonds. The molecule has 2 saturated heterocycles. The van der Waals surface area contributed by atoms with Crippen LogP contribution in [0.25, 0.3) is 0 Å². The lowest BCUT2D eigenvalue weighted by molar-refractivity contribution is -0.146. The van der Waals surface area contributed by atoms with Crippen LogP contribution < -0.4 is 5.32 Å². The number of hydrogen-bond donors (Lipinski definition) is 1. The van der Waals surface area contributed by atoms with Gasteiger partial charge < -0.3 is 19.9 Å². The van der Waals surface area contributed by atoms with Crippen molar-refractivity contribution in [3.8, 4) is 0 Å². The fraction of sp³-hybridized carbons (Fsp3) is 0.647. The first-order valence-corrected chi connectivity index (χ1v) is 9.94. The van der Waals surface area contributed by atoms with Gasteiger partial charge in [0.25, 0.3) is 5.91 Å². The lowest BCUT2D eigenvalue weighted by Crippen LogP contribution is -2.58. The number of fused-ring (bicyclic) bond motifs is 1. The number of carbonyl (C=O) groups is 3. The highest BCUT2D eigenvalue weighted by atomic mass is 32.1. The molecule has 1 aromatic rings. The molecule has 1 N–H and O–H groups in total. The fourth-order valence-corrected chi connectivity index (χ4v) is 4.66. The highest BCUT2D eigenvalue weighted by Crippen LogP contribution is 2.34. The van der Waals surface area contributed by atoms with Crippen LogP contribution in [0.15, 0.2) is 10.9 Å². The van der Waals surface area contributed by atoms with Gasteiger partial charge in [-0.1, -0.05) is 0 Å². The molecule has 0 unspecified atom stereocenters. The van der Waals surface area contributed by atoms with Gasteiger partial charge in [-0.3, -0.25) is 14.4 Å². The van der Waals surface area contributed by atoms with Crippen LogP contribution in [0.4, 0.5) is 0 Å². The van der Waals surface area contributed by atoms with E-state index in [-0.39, 0.29) is 42.3 Å². The predicted molar refractivity (Wildman–Crippen MR) is 93.6 cm³/mol. The Hall–Kier alpha value is -2.00. The molecule has 3 fully saturated rings. The third kappa shape index (κ3) is 3.33. The monoisotopic (exact) mass is 378 g/mol. The topological polar surface area (TPSA) is 91.8 Å². The molecule has 26 heavy (non-hydrogen) atoms. The van der Waals surface area contributed by atoms with E-state index in [0.717, 1.165) is 12.8 Å². The zero-order valence-corrected chi connectivity index (χ0v) is 15.2. The molecule has 2 aliphatic heterocycles. The molecule has 9 heteroatoms. The standard InChI is InChI=1S/C17H22N4O4S/c22-15-8-20(4-3-18-15)16(23)11-1-2-14-13(7-11)21(5-6-25-14)17(24)12-9-26-10-19-12/h9-11,13-14H,1-8H2,(H,18,22)/t11-,13+,14+/m0/s1. The predicted octanol–water partition coefficient (Wildman–Crippen LogP) is 0.111. The van der Waals surface area contributed by atoms with Crippen LogP contribution in [0, 0.1) is 5.92 Å². The molecule has 140 valence electrons. The maximum atomic E-state index is 12.9. The van der Waals surface area contributed by atoms with Gasteiger partial charge in [0.15, 0.2) is 0 Å². The van der Waals surface area contributed by atoms with Crippen molar-refractivity contribution in [2.24, 2.45) is 5.92 Å². The average molecular weight is 378 g/mol. The first-order chi connectivity index (χ1) is 12.6. The van der Waals surface area contributed by atoms with E-state index in [9.17, 15) is 14.4 Å². The highest BCUT2D eigenvalue weighted by Gasteiger charge is 2.43. The number of amides is 3. The number of ether oxygens (including phenoxy) is 1. The third-order valence-corrected chi connectivity index (χ3v) is 6.02. The van der Waals surface area contributed by atoms with Crippen LogP contribution in [0.1, 0.15) is 29.8 Å². The summed E-state index contributed by atoms with van der Waals surface area (Å²) in [4.78, 5) is 44.8. The number of nitrogens with one attached hydrogen (secondary N) is 1. The van der Waals surface area contributed by atoms with E-state index in [2.05, 4.69) is 10.3 Å². The van der Waals surface area contributed by atoms with Crippen LogP contribution in [0.5, 0.6) is 0 Å². The van der Waals surface area contributed by atoms with E-state index in [1.807, 2.05) is 4.90 Å². The van der Waals surface area contributed by atoms with Gasteiger partial charge in [0, 0.05) is 30.9 Å². The number of carbonyl (C=O) groups excluding carboxylic acids is 3. The first kappa shape index (κ1) is 17.4. The van der Waals surface area contributed by atoms with Crippen molar-refractivity contribution in [1.82, 2.24) is 20.1 Å². The molecule has 0 radical (unpaired) electrons. The number of rotatable bonds is 2. The summed E-state index contributed by atoms with van der Waals surface area (Å²) in [5, 5.41) is 4.50. The zero-order chi connectivity index (χ0) is 18.1. The van der Waals surface area contributed by atoms with E-state index in [4.69, 9.17) is 4.74 Å². The van der Waals surface area contributed by atoms with Crippen molar-refractivity contribution in [3.63, 3.8) is 0 Å². The number of nitrogens with zero attached hydrogens (tertiary/aromatic N) is 3. The first-order valence-electron chi connectivity index (χ1n) is 8.99. The van der Waals surface area contributed by atoms with E-state index in [0.29, 0.717) is 38.4 Å². The molecule has 3 aliphatic rings. The molecule has 3 atom stereocenters. The number of hydrogen-bond acceptors (Lipinski definition) is 6. The minimum Gasteiger partial charge on any atom is -0.374 e. The highest BCUT2D eigenvalue weighted by molar-refractivity contribution is 7.07. The van der Waals surface area contributed by atoms with Crippen molar-refractivity contribution < 1.29 is 19.1 Å². The minimum absolute atomic E-state index is 0.0185. The van der Waals surface area contributed by atoms with Gasteiger partial charge in [0.05, 0.1) is 30.8 Å². The minimum atomic E-state index is -0.172. The van der Waals surface area contributed by atoms with Gasteiger partial charge in [-0.05, 0) is 19.3 Å². The van der Waals surface area contributed by atoms with Crippen LogP contribution >= 0.6 is 11.3 Å². The third-order valence-electron chi connectivity index (χ3n) is 5.43. The Labute approximate surface area is 155 Å². The number of aromatic nitrogens is 1. The van der Waals surface area contributed by atoms with Gasteiger partial charge in [0.1, 0.15) is 5.69 Å². The molecule has 0 bridgehead atoms. The molecule has 0 spiro atoms. The van der Waals surface area contributed by atoms with Crippen LogP contribution in [-0.4, -0.2) is 77.4 Å². The van der Waals surface area contributed by atoms with Crippen molar-refractivity contribution in [2.45, 2.75) is 31.4 Å². The number of piperazine rings is 1. The van der Waals surface area contributed by atoms with Crippen molar-refractivity contribution in [2.75, 3.05) is 32.8 Å². The summed E-state index contributed by atoms with van der Waals surface area (Å²) in [6.45, 7) is 2.21. The van der Waals surface area contributed by atoms with Gasteiger partial charge in [-0.2, -0.15) is 0 Å². The molecule has 8 nitrogen and oxygen atoms in total. The molecule has 1 saturated carbocycles. The van der Waals surface area contributed by atoms with Crippen molar-refractivity contribution in [3.05, 3.63) is 16.6 Å². The smallest absolute Gasteiger partial charge is 0.273 e. The SMILES string of the molecule is O=C1CN(C(=O)[C@H]2CC[C@H]3OCCN(C(=O)c4cscn4)[C@@H]3C2)CCN1. The normalized spacial score (nSPS) is 29.1. The van der Waals surface area contributed by atoms with E-state index in [1.165, 1.54) is 11.3 Å². The maximum absolute atomic E-state index is 12.9. The lowest BCUT2D eigenvalue weighted by atomic mass is 9.81. The second kappa shape index (κ2) is 7.32.